The van der Waals surface area contributed by atoms with Crippen LogP contribution in [0.25, 0.3) is 11.1 Å². The van der Waals surface area contributed by atoms with E-state index >= 15 is 0 Å². The minimum Gasteiger partial charge on any atom is -0.465 e. The SMILES string of the molecule is CCOC(=O)C(CC)(c1cc2n(c(=O)c1C#N)CCC21OCC(C)(C)CO1)[C@@H](OO)C1Cc2ccccc2CN1S(=O)(=O)c1ccc(-c2ccccc2)cc1. The van der Waals surface area contributed by atoms with Crippen LogP contribution in [0, 0.1) is 16.7 Å². The fraction of sp³-hybridized carbons (Fsp3) is 0.405. The van der Waals surface area contributed by atoms with Gasteiger partial charge in [0.25, 0.3) is 5.56 Å². The maximum absolute atomic E-state index is 14.8. The third-order valence-electron chi connectivity index (χ3n) is 11.3. The first-order valence-electron chi connectivity index (χ1n) is 18.5. The van der Waals surface area contributed by atoms with Crippen molar-refractivity contribution in [2.24, 2.45) is 5.41 Å². The van der Waals surface area contributed by atoms with Crippen molar-refractivity contribution in [3.63, 3.8) is 0 Å². The number of hydrogen-bond donors (Lipinski definition) is 1. The fourth-order valence-electron chi connectivity index (χ4n) is 8.32. The number of ether oxygens (including phenoxy) is 3. The molecule has 1 aromatic heterocycles. The average molecular weight is 768 g/mol. The van der Waals surface area contributed by atoms with E-state index in [1.165, 1.54) is 21.0 Å². The molecule has 3 atom stereocenters. The summed E-state index contributed by atoms with van der Waals surface area (Å²) in [6.45, 7) is 7.94. The minimum absolute atomic E-state index is 0.00330. The Balaban J connectivity index is 1.41. The van der Waals surface area contributed by atoms with Crippen molar-refractivity contribution in [2.45, 2.75) is 88.3 Å². The number of esters is 1. The fourth-order valence-corrected chi connectivity index (χ4v) is 9.93. The van der Waals surface area contributed by atoms with Gasteiger partial charge in [0, 0.05) is 24.9 Å². The normalized spacial score (nSPS) is 20.5. The molecule has 1 spiro atoms. The van der Waals surface area contributed by atoms with Gasteiger partial charge in [0.15, 0.2) is 0 Å². The van der Waals surface area contributed by atoms with Crippen LogP contribution in [0.5, 0.6) is 0 Å². The van der Waals surface area contributed by atoms with Gasteiger partial charge in [0.2, 0.25) is 15.8 Å². The molecule has 1 saturated heterocycles. The Morgan fingerprint density at radius 1 is 1.00 bits per heavy atom. The van der Waals surface area contributed by atoms with Crippen LogP contribution < -0.4 is 5.56 Å². The second kappa shape index (κ2) is 14.8. The molecule has 3 aliphatic heterocycles. The molecular formula is C42H45N3O9S. The van der Waals surface area contributed by atoms with Crippen LogP contribution in [0.2, 0.25) is 0 Å². The van der Waals surface area contributed by atoms with Crippen LogP contribution in [-0.2, 0) is 64.6 Å². The average Bonchev–Trinajstić information content (AvgIpc) is 3.56. The largest absolute Gasteiger partial charge is 0.465 e. The molecule has 0 amide bonds. The Morgan fingerprint density at radius 2 is 1.64 bits per heavy atom. The number of pyridine rings is 1. The highest BCUT2D eigenvalue weighted by Crippen LogP contribution is 2.47. The number of nitrogens with zero attached hydrogens (tertiary/aromatic N) is 3. The van der Waals surface area contributed by atoms with E-state index in [9.17, 15) is 28.5 Å². The second-order valence-electron chi connectivity index (χ2n) is 15.2. The number of carbonyl (C=O) groups is 1. The number of fused-ring (bicyclic) bond motifs is 3. The van der Waals surface area contributed by atoms with Crippen LogP contribution in [-0.4, -0.2) is 60.5 Å². The summed E-state index contributed by atoms with van der Waals surface area (Å²) in [5, 5.41) is 21.7. The lowest BCUT2D eigenvalue weighted by atomic mass is 9.68. The van der Waals surface area contributed by atoms with Crippen molar-refractivity contribution in [3.05, 3.63) is 123 Å². The maximum atomic E-state index is 14.8. The minimum atomic E-state index is -4.34. The van der Waals surface area contributed by atoms with Crippen LogP contribution in [0.1, 0.15) is 68.5 Å². The van der Waals surface area contributed by atoms with Gasteiger partial charge in [-0.3, -0.25) is 14.8 Å². The summed E-state index contributed by atoms with van der Waals surface area (Å²) in [6, 6.07) is 25.8. The third kappa shape index (κ3) is 6.50. The number of nitriles is 1. The Kier molecular flexibility index (Phi) is 10.4. The van der Waals surface area contributed by atoms with Crippen molar-refractivity contribution in [1.82, 2.24) is 8.87 Å². The Bertz CT molecular complexity index is 2290. The molecule has 0 saturated carbocycles. The number of rotatable bonds is 10. The molecule has 4 heterocycles. The second-order valence-corrected chi connectivity index (χ2v) is 17.1. The summed E-state index contributed by atoms with van der Waals surface area (Å²) in [4.78, 5) is 34.3. The van der Waals surface area contributed by atoms with E-state index in [1.807, 2.05) is 74.5 Å². The van der Waals surface area contributed by atoms with E-state index in [4.69, 9.17) is 19.1 Å². The van der Waals surface area contributed by atoms with Gasteiger partial charge in [0.1, 0.15) is 23.2 Å². The summed E-state index contributed by atoms with van der Waals surface area (Å²) in [5.41, 5.74) is 0.142. The van der Waals surface area contributed by atoms with Crippen LogP contribution in [0.15, 0.2) is 94.6 Å². The third-order valence-corrected chi connectivity index (χ3v) is 13.2. The number of hydrogen-bond acceptors (Lipinski definition) is 10. The molecule has 0 aliphatic carbocycles. The molecule has 1 fully saturated rings. The van der Waals surface area contributed by atoms with Gasteiger partial charge >= 0.3 is 5.97 Å². The van der Waals surface area contributed by atoms with Gasteiger partial charge in [-0.05, 0) is 65.8 Å². The van der Waals surface area contributed by atoms with Crippen molar-refractivity contribution in [1.29, 1.82) is 5.26 Å². The summed E-state index contributed by atoms with van der Waals surface area (Å²) in [5.74, 6) is -2.22. The smallest absolute Gasteiger partial charge is 0.319 e. The van der Waals surface area contributed by atoms with Gasteiger partial charge in [-0.15, -0.1) is 0 Å². The molecule has 3 aromatic carbocycles. The molecule has 4 aromatic rings. The molecule has 7 rings (SSSR count). The molecule has 0 radical (unpaired) electrons. The number of benzene rings is 3. The number of sulfonamides is 1. The van der Waals surface area contributed by atoms with Crippen LogP contribution >= 0.6 is 0 Å². The standard InChI is InChI=1S/C42H45N3O9S/c1-5-41(39(47)51-6-2,34-23-36-42(52-26-40(3,4)27-53-42)20-21-44(36)38(46)33(34)24-43)37(54-48)35-22-30-14-10-11-15-31(30)25-45(35)55(49,50)32-18-16-29(17-19-32)28-12-8-7-9-13-28/h7-19,23,35,37,48H,5-6,20-22,25-27H2,1-4H3/t35?,37-,41?/m0/s1. The monoisotopic (exact) mass is 767 g/mol. The lowest BCUT2D eigenvalue weighted by Crippen LogP contribution is -2.61. The van der Waals surface area contributed by atoms with Crippen LogP contribution in [0.3, 0.4) is 0 Å². The molecule has 3 aliphatic rings. The molecule has 55 heavy (non-hydrogen) atoms. The molecular weight excluding hydrogens is 723 g/mol. The van der Waals surface area contributed by atoms with Gasteiger partial charge < -0.3 is 18.8 Å². The molecule has 0 bridgehead atoms. The lowest BCUT2D eigenvalue weighted by Gasteiger charge is -2.46. The number of aromatic nitrogens is 1. The van der Waals surface area contributed by atoms with Crippen molar-refractivity contribution < 1.29 is 37.6 Å². The summed E-state index contributed by atoms with van der Waals surface area (Å²) >= 11 is 0. The van der Waals surface area contributed by atoms with Crippen LogP contribution in [0.4, 0.5) is 0 Å². The summed E-state index contributed by atoms with van der Waals surface area (Å²) in [7, 11) is -4.34. The molecule has 1 N–H and O–H groups in total. The highest BCUT2D eigenvalue weighted by molar-refractivity contribution is 7.89. The maximum Gasteiger partial charge on any atom is 0.319 e. The van der Waals surface area contributed by atoms with E-state index in [0.29, 0.717) is 25.3 Å². The summed E-state index contributed by atoms with van der Waals surface area (Å²) in [6.07, 6.45) is -1.49. The predicted molar refractivity (Wildman–Crippen MR) is 202 cm³/mol. The van der Waals surface area contributed by atoms with E-state index in [1.54, 1.807) is 32.0 Å². The van der Waals surface area contributed by atoms with Gasteiger partial charge in [-0.2, -0.15) is 9.57 Å². The Labute approximate surface area is 320 Å². The Morgan fingerprint density at radius 3 is 2.25 bits per heavy atom. The van der Waals surface area contributed by atoms with E-state index in [2.05, 4.69) is 0 Å². The zero-order valence-corrected chi connectivity index (χ0v) is 32.2. The van der Waals surface area contributed by atoms with E-state index < -0.39 is 44.9 Å². The van der Waals surface area contributed by atoms with Crippen molar-refractivity contribution >= 4 is 16.0 Å². The lowest BCUT2D eigenvalue weighted by molar-refractivity contribution is -0.307. The van der Waals surface area contributed by atoms with Gasteiger partial charge in [-0.25, -0.2) is 13.3 Å². The predicted octanol–water partition coefficient (Wildman–Crippen LogP) is 5.90. The highest BCUT2D eigenvalue weighted by atomic mass is 32.2. The zero-order valence-electron chi connectivity index (χ0n) is 31.4. The van der Waals surface area contributed by atoms with Crippen molar-refractivity contribution in [2.75, 3.05) is 19.8 Å². The van der Waals surface area contributed by atoms with E-state index in [-0.39, 0.29) is 54.0 Å². The first-order chi connectivity index (χ1) is 26.4. The molecule has 13 heteroatoms. The zero-order chi connectivity index (χ0) is 39.2. The summed E-state index contributed by atoms with van der Waals surface area (Å²) < 4.78 is 50.7. The van der Waals surface area contributed by atoms with E-state index in [0.717, 1.165) is 22.3 Å². The first kappa shape index (κ1) is 38.6. The Hall–Kier alpha value is -4.68. The van der Waals surface area contributed by atoms with Crippen molar-refractivity contribution in [3.8, 4) is 17.2 Å². The van der Waals surface area contributed by atoms with Gasteiger partial charge in [0.05, 0.1) is 36.5 Å². The quantitative estimate of drug-likeness (QED) is 0.117. The topological polar surface area (TPSA) is 157 Å². The number of carbonyl (C=O) groups excluding carboxylic acids is 1. The highest BCUT2D eigenvalue weighted by Gasteiger charge is 2.58. The molecule has 12 nitrogen and oxygen atoms in total. The first-order valence-corrected chi connectivity index (χ1v) is 20.0. The van der Waals surface area contributed by atoms with Gasteiger partial charge in [-0.1, -0.05) is 87.5 Å². The molecule has 288 valence electrons. The molecule has 2 unspecified atom stereocenters.